The van der Waals surface area contributed by atoms with E-state index in [1.54, 1.807) is 4.90 Å². The number of ketones is 1. The van der Waals surface area contributed by atoms with E-state index in [1.807, 2.05) is 39.8 Å². The van der Waals surface area contributed by atoms with Crippen molar-refractivity contribution >= 4 is 94.0 Å². The van der Waals surface area contributed by atoms with E-state index in [-0.39, 0.29) is 92.5 Å². The zero-order chi connectivity index (χ0) is 74.1. The average Bonchev–Trinajstić information content (AvgIpc) is 1.22. The number of fused-ring (bicyclic) bond motifs is 3. The molecule has 2 bridgehead atoms. The van der Waals surface area contributed by atoms with Crippen LogP contribution >= 0.6 is 23.2 Å². The van der Waals surface area contributed by atoms with E-state index in [2.05, 4.69) is 22.9 Å². The molecule has 24 nitrogen and oxygen atoms in total. The van der Waals surface area contributed by atoms with Gasteiger partial charge in [0.25, 0.3) is 0 Å². The molecule has 7 fully saturated rings. The van der Waals surface area contributed by atoms with Crippen LogP contribution in [0.25, 0.3) is 0 Å². The van der Waals surface area contributed by atoms with Gasteiger partial charge in [0.1, 0.15) is 41.8 Å². The van der Waals surface area contributed by atoms with Gasteiger partial charge in [-0.1, -0.05) is 84.8 Å². The molecule has 2 heterocycles. The summed E-state index contributed by atoms with van der Waals surface area (Å²) in [5, 5.41) is 8.67. The van der Waals surface area contributed by atoms with Gasteiger partial charge in [0.15, 0.2) is 5.78 Å². The second-order valence-electron chi connectivity index (χ2n) is 32.4. The number of nitrogens with zero attached hydrogens (tertiary/aromatic N) is 8. The van der Waals surface area contributed by atoms with E-state index >= 15 is 28.8 Å². The fourth-order valence-corrected chi connectivity index (χ4v) is 18.2. The maximum atomic E-state index is 15.7. The van der Waals surface area contributed by atoms with Crippen molar-refractivity contribution in [3.8, 4) is 0 Å². The number of amides is 11. The summed E-state index contributed by atoms with van der Waals surface area (Å²) in [6.45, 7) is 9.31. The third-order valence-electron chi connectivity index (χ3n) is 24.1. The Hall–Kier alpha value is -5.88. The number of carbonyl (C=O) groups is 12. The Morgan fingerprint density at radius 2 is 1.27 bits per heavy atom. The van der Waals surface area contributed by atoms with Crippen molar-refractivity contribution in [3.05, 3.63) is 12.2 Å². The van der Waals surface area contributed by atoms with Gasteiger partial charge in [-0.25, -0.2) is 0 Å². The van der Waals surface area contributed by atoms with Gasteiger partial charge in [0, 0.05) is 80.8 Å². The van der Waals surface area contributed by atoms with Crippen molar-refractivity contribution in [2.24, 2.45) is 46.8 Å². The Labute approximate surface area is 609 Å². The standard InChI is InChI=1S/C75H119Cl2N11O13/c1-14-21-56-67(94)79-63(48-22-19-23-48)71(98)83(9)42-62(91)85(11)57-26-17-16-18-35-88(70(57)97)59(37-47-29-27-45(3)28-30-47)69(96)82(8)41-60(89)78-55(34-32-46-31-33-53(76)54(77)36-46)65(92)51-38-50(101-15-2)39-52(51)66(93)80-75(43-74(4,5)44-75)73(100)87(13)64(49-24-20-25-49)72(99)86(12)58(68(95)81(6)7)40-61(90)84(56)10/h16-17,45-59,63-64H,14-15,18-44H2,1-13H3,(H,78,89)(H,79,94)(H,80,93)/b17-16-/t45?,46?,47?,50-,51?,52+,53?,54?,55-,56-,57-,58-,59-,63-,64-/m0/s1. The van der Waals surface area contributed by atoms with Gasteiger partial charge in [-0.3, -0.25) is 57.5 Å². The van der Waals surface area contributed by atoms with E-state index in [0.717, 1.165) is 44.9 Å². The first-order chi connectivity index (χ1) is 47.7. The van der Waals surface area contributed by atoms with E-state index in [0.29, 0.717) is 70.1 Å². The molecule has 6 saturated carbocycles. The number of alkyl halides is 2. The van der Waals surface area contributed by atoms with E-state index in [9.17, 15) is 28.8 Å². The summed E-state index contributed by atoms with van der Waals surface area (Å²) in [6, 6.07) is -8.03. The predicted octanol–water partition coefficient (Wildman–Crippen LogP) is 6.31. The molecule has 8 aliphatic rings. The SMILES string of the molecule is CCC[C@H]1C(=O)N[C@@H](C2CCC2)C(=O)N(C)CC(=O)N(C)[C@H]2C/C=C\CCN(C2=O)[C@@H](CC2CCC(C)CC2)C(=O)N(C)CC(=O)N[C@@H](CCC2CCC(Cl)C(Cl)C2)C(=O)C2C[C@H](OCC)C[C@H]2C(=O)NC2(CC(C)(C)C2)C(=O)N(C)[C@@H](C2CCC2)C(=O)N(C)[C@H](C(=O)N(C)C)CC(=O)N1C. The zero-order valence-electron chi connectivity index (χ0n) is 62.6. The van der Waals surface area contributed by atoms with Crippen LogP contribution < -0.4 is 16.0 Å². The summed E-state index contributed by atoms with van der Waals surface area (Å²) < 4.78 is 6.20. The van der Waals surface area contributed by atoms with Crippen LogP contribution in [-0.4, -0.2) is 257 Å². The van der Waals surface area contributed by atoms with Gasteiger partial charge < -0.3 is 59.9 Å². The van der Waals surface area contributed by atoms with Crippen LogP contribution in [0.4, 0.5) is 0 Å². The minimum absolute atomic E-state index is 0.0634. The normalized spacial score (nSPS) is 33.9. The molecule has 3 N–H and O–H groups in total. The Bertz CT molecular complexity index is 3040. The molecule has 4 unspecified atom stereocenters. The lowest BCUT2D eigenvalue weighted by molar-refractivity contribution is -0.162. The Kier molecular flexibility index (Phi) is 28.2. The van der Waals surface area contributed by atoms with Crippen molar-refractivity contribution in [2.75, 3.05) is 82.6 Å². The van der Waals surface area contributed by atoms with Crippen LogP contribution in [0, 0.1) is 46.8 Å². The van der Waals surface area contributed by atoms with Crippen molar-refractivity contribution in [1.82, 2.24) is 55.1 Å². The van der Waals surface area contributed by atoms with E-state index in [4.69, 9.17) is 27.9 Å². The highest BCUT2D eigenvalue weighted by molar-refractivity contribution is 6.30. The Morgan fingerprint density at radius 3 is 1.86 bits per heavy atom. The maximum absolute atomic E-state index is 15.7. The number of Topliss-reactive ketones (excluding diaryl/α,β-unsaturated/α-hetero) is 1. The number of nitrogens with one attached hydrogen (secondary N) is 3. The molecule has 8 rings (SSSR count). The lowest BCUT2D eigenvalue weighted by Crippen LogP contribution is -2.71. The molecule has 6 aliphatic carbocycles. The second kappa shape index (κ2) is 35.3. The summed E-state index contributed by atoms with van der Waals surface area (Å²) >= 11 is 13.4. The van der Waals surface area contributed by atoms with Crippen molar-refractivity contribution in [3.63, 3.8) is 0 Å². The summed E-state index contributed by atoms with van der Waals surface area (Å²) in [5.74, 6) is -8.64. The summed E-state index contributed by atoms with van der Waals surface area (Å²) in [5.41, 5.74) is -1.98. The molecular formula is C75H119Cl2N11O13. The molecule has 0 aromatic heterocycles. The summed E-state index contributed by atoms with van der Waals surface area (Å²) in [7, 11) is 11.9. The monoisotopic (exact) mass is 1450 g/mol. The molecule has 0 aromatic carbocycles. The van der Waals surface area contributed by atoms with Gasteiger partial charge in [-0.15, -0.1) is 23.2 Å². The number of hydrogen-bond donors (Lipinski definition) is 3. The van der Waals surface area contributed by atoms with Crippen LogP contribution in [0.15, 0.2) is 12.2 Å². The average molecular weight is 1450 g/mol. The predicted molar refractivity (Wildman–Crippen MR) is 384 cm³/mol. The van der Waals surface area contributed by atoms with Gasteiger partial charge >= 0.3 is 0 Å². The smallest absolute Gasteiger partial charge is 0.248 e. The second-order valence-corrected chi connectivity index (χ2v) is 33.5. The highest BCUT2D eigenvalue weighted by Gasteiger charge is 2.60. The summed E-state index contributed by atoms with van der Waals surface area (Å²) in [4.78, 5) is 192. The molecule has 1 saturated heterocycles. The van der Waals surface area contributed by atoms with Crippen LogP contribution in [0.3, 0.4) is 0 Å². The first kappa shape index (κ1) is 80.8. The van der Waals surface area contributed by atoms with Gasteiger partial charge in [0.2, 0.25) is 65.0 Å². The lowest BCUT2D eigenvalue weighted by Gasteiger charge is -2.54. The van der Waals surface area contributed by atoms with E-state index < -0.39 is 161 Å². The molecule has 2 aliphatic heterocycles. The minimum atomic E-state index is -1.53. The van der Waals surface area contributed by atoms with Crippen LogP contribution in [0.5, 0.6) is 0 Å². The first-order valence-electron chi connectivity index (χ1n) is 37.8. The minimum Gasteiger partial charge on any atom is -0.378 e. The third-order valence-corrected chi connectivity index (χ3v) is 25.2. The fraction of sp³-hybridized carbons (Fsp3) is 0.813. The number of hydrogen-bond acceptors (Lipinski definition) is 13. The maximum Gasteiger partial charge on any atom is 0.248 e. The molecular weight excluding hydrogens is 1330 g/mol. The highest BCUT2D eigenvalue weighted by atomic mass is 35.5. The van der Waals surface area contributed by atoms with E-state index in [1.165, 1.54) is 90.7 Å². The Morgan fingerprint density at radius 1 is 0.634 bits per heavy atom. The molecule has 0 radical (unpaired) electrons. The van der Waals surface area contributed by atoms with Crippen molar-refractivity contribution in [1.29, 1.82) is 0 Å². The molecule has 101 heavy (non-hydrogen) atoms. The lowest BCUT2D eigenvalue weighted by atomic mass is 9.58. The molecule has 0 aromatic rings. The molecule has 1 spiro atoms. The number of likely N-dealkylation sites (N-methyl/N-ethyl adjacent to an activating group) is 7. The third kappa shape index (κ3) is 19.4. The number of halogens is 2. The molecule has 566 valence electrons. The quantitative estimate of drug-likeness (QED) is 0.143. The molecule has 11 amide bonds. The molecule has 26 heteroatoms. The largest absolute Gasteiger partial charge is 0.378 e. The topological polar surface area (TPSA) is 276 Å². The van der Waals surface area contributed by atoms with Gasteiger partial charge in [0.05, 0.1) is 43.0 Å². The Balaban J connectivity index is 1.18. The number of rotatable bonds is 12. The first-order valence-corrected chi connectivity index (χ1v) is 38.7. The van der Waals surface area contributed by atoms with Crippen molar-refractivity contribution in [2.45, 2.75) is 260 Å². The van der Waals surface area contributed by atoms with Crippen LogP contribution in [-0.2, 0) is 62.3 Å². The number of carbonyl (C=O) groups excluding carboxylic acids is 12. The van der Waals surface area contributed by atoms with Crippen LogP contribution in [0.2, 0.25) is 0 Å². The van der Waals surface area contributed by atoms with Gasteiger partial charge in [-0.05, 0) is 151 Å². The molecule has 13 atom stereocenters. The highest BCUT2D eigenvalue weighted by Crippen LogP contribution is 2.50. The van der Waals surface area contributed by atoms with Crippen molar-refractivity contribution < 1.29 is 62.3 Å². The number of ether oxygens (including phenoxy) is 1. The van der Waals surface area contributed by atoms with Crippen LogP contribution in [0.1, 0.15) is 195 Å². The van der Waals surface area contributed by atoms with Gasteiger partial charge in [-0.2, -0.15) is 0 Å². The summed E-state index contributed by atoms with van der Waals surface area (Å²) in [6.07, 6.45) is 14.9. The fourth-order valence-electron chi connectivity index (χ4n) is 17.6. The zero-order valence-corrected chi connectivity index (χ0v) is 64.1.